The van der Waals surface area contributed by atoms with Crippen molar-refractivity contribution < 1.29 is 0 Å². The molecule has 0 N–H and O–H groups in total. The molecule has 21 heavy (non-hydrogen) atoms. The van der Waals surface area contributed by atoms with Gasteiger partial charge in [0, 0.05) is 18.6 Å². The van der Waals surface area contributed by atoms with Crippen molar-refractivity contribution in [1.29, 1.82) is 0 Å². The van der Waals surface area contributed by atoms with Crippen LogP contribution in [0, 0.1) is 6.92 Å². The molecule has 1 unspecified atom stereocenters. The minimum atomic E-state index is 0.812. The second-order valence-corrected chi connectivity index (χ2v) is 7.08. The van der Waals surface area contributed by atoms with Gasteiger partial charge in [-0.25, -0.2) is 0 Å². The number of hydrogen-bond acceptors (Lipinski definition) is 2. The predicted molar refractivity (Wildman–Crippen MR) is 89.5 cm³/mol. The van der Waals surface area contributed by atoms with Crippen molar-refractivity contribution in [3.63, 3.8) is 0 Å². The Hall–Kier alpha value is -0.860. The van der Waals surface area contributed by atoms with Crippen molar-refractivity contribution in [3.05, 3.63) is 35.4 Å². The molecule has 0 radical (unpaired) electrons. The first kappa shape index (κ1) is 15.1. The Morgan fingerprint density at radius 3 is 2.33 bits per heavy atom. The monoisotopic (exact) mass is 286 g/mol. The molecular formula is C19H30N2. The van der Waals surface area contributed by atoms with Crippen molar-refractivity contribution in [2.24, 2.45) is 0 Å². The number of hydrogen-bond donors (Lipinski definition) is 0. The quantitative estimate of drug-likeness (QED) is 0.833. The highest BCUT2D eigenvalue weighted by Gasteiger charge is 2.28. The van der Waals surface area contributed by atoms with Gasteiger partial charge in [-0.1, -0.05) is 36.2 Å². The zero-order valence-electron chi connectivity index (χ0n) is 13.7. The molecule has 2 aliphatic heterocycles. The van der Waals surface area contributed by atoms with Crippen LogP contribution in [-0.4, -0.2) is 41.5 Å². The largest absolute Gasteiger partial charge is 0.299 e. The van der Waals surface area contributed by atoms with E-state index in [2.05, 4.69) is 47.9 Å². The van der Waals surface area contributed by atoms with Crippen LogP contribution in [0.4, 0.5) is 0 Å². The molecule has 2 fully saturated rings. The predicted octanol–water partition coefficient (Wildman–Crippen LogP) is 3.83. The molecule has 1 atom stereocenters. The van der Waals surface area contributed by atoms with E-state index in [9.17, 15) is 0 Å². The van der Waals surface area contributed by atoms with E-state index in [-0.39, 0.29) is 0 Å². The van der Waals surface area contributed by atoms with Gasteiger partial charge in [-0.2, -0.15) is 0 Å². The average Bonchev–Trinajstić information content (AvgIpc) is 2.51. The minimum absolute atomic E-state index is 0.812. The Balaban J connectivity index is 1.49. The summed E-state index contributed by atoms with van der Waals surface area (Å²) in [6.45, 7) is 9.59. The Bertz CT molecular complexity index is 431. The van der Waals surface area contributed by atoms with E-state index < -0.39 is 0 Å². The SMILES string of the molecule is Cc1ccc(CN2CCC(N3CCCCC3C)CC2)cc1. The topological polar surface area (TPSA) is 6.48 Å². The summed E-state index contributed by atoms with van der Waals surface area (Å²) in [7, 11) is 0. The molecule has 116 valence electrons. The molecule has 2 saturated heterocycles. The van der Waals surface area contributed by atoms with E-state index in [1.807, 2.05) is 0 Å². The molecule has 1 aromatic carbocycles. The van der Waals surface area contributed by atoms with E-state index in [4.69, 9.17) is 0 Å². The first-order valence-corrected chi connectivity index (χ1v) is 8.76. The van der Waals surface area contributed by atoms with Crippen LogP contribution < -0.4 is 0 Å². The summed E-state index contributed by atoms with van der Waals surface area (Å²) in [5.41, 5.74) is 2.82. The molecule has 3 rings (SSSR count). The van der Waals surface area contributed by atoms with Crippen LogP contribution in [0.15, 0.2) is 24.3 Å². The van der Waals surface area contributed by atoms with Gasteiger partial charge < -0.3 is 0 Å². The van der Waals surface area contributed by atoms with Crippen LogP contribution in [0.25, 0.3) is 0 Å². The van der Waals surface area contributed by atoms with Crippen molar-refractivity contribution in [2.75, 3.05) is 19.6 Å². The number of piperidine rings is 2. The lowest BCUT2D eigenvalue weighted by molar-refractivity contribution is 0.0555. The van der Waals surface area contributed by atoms with Gasteiger partial charge >= 0.3 is 0 Å². The molecule has 0 saturated carbocycles. The van der Waals surface area contributed by atoms with E-state index in [1.165, 1.54) is 62.9 Å². The maximum atomic E-state index is 2.80. The highest BCUT2D eigenvalue weighted by molar-refractivity contribution is 5.21. The van der Waals surface area contributed by atoms with Crippen molar-refractivity contribution >= 4 is 0 Å². The van der Waals surface area contributed by atoms with Crippen LogP contribution in [0.2, 0.25) is 0 Å². The fraction of sp³-hybridized carbons (Fsp3) is 0.684. The third kappa shape index (κ3) is 3.87. The highest BCUT2D eigenvalue weighted by atomic mass is 15.2. The number of rotatable bonds is 3. The lowest BCUT2D eigenvalue weighted by Gasteiger charge is -2.43. The fourth-order valence-corrected chi connectivity index (χ4v) is 4.02. The lowest BCUT2D eigenvalue weighted by Crippen LogP contribution is -2.49. The van der Waals surface area contributed by atoms with E-state index in [1.54, 1.807) is 0 Å². The summed E-state index contributed by atoms with van der Waals surface area (Å²) in [5, 5.41) is 0. The zero-order chi connectivity index (χ0) is 14.7. The molecule has 0 spiro atoms. The molecule has 2 aliphatic rings. The van der Waals surface area contributed by atoms with Crippen molar-refractivity contribution in [2.45, 2.75) is 64.6 Å². The molecule has 0 aliphatic carbocycles. The summed E-state index contributed by atoms with van der Waals surface area (Å²) < 4.78 is 0. The number of aryl methyl sites for hydroxylation is 1. The second-order valence-electron chi connectivity index (χ2n) is 7.08. The maximum Gasteiger partial charge on any atom is 0.0233 e. The minimum Gasteiger partial charge on any atom is -0.299 e. The standard InChI is InChI=1S/C19H30N2/c1-16-6-8-18(9-7-16)15-20-13-10-19(11-14-20)21-12-4-3-5-17(21)2/h6-9,17,19H,3-5,10-15H2,1-2H3. The fourth-order valence-electron chi connectivity index (χ4n) is 4.02. The molecule has 2 heteroatoms. The summed E-state index contributed by atoms with van der Waals surface area (Å²) >= 11 is 0. The lowest BCUT2D eigenvalue weighted by atomic mass is 9.95. The molecule has 2 nitrogen and oxygen atoms in total. The Morgan fingerprint density at radius 2 is 1.67 bits per heavy atom. The van der Waals surface area contributed by atoms with Crippen LogP contribution in [0.5, 0.6) is 0 Å². The Morgan fingerprint density at radius 1 is 0.952 bits per heavy atom. The van der Waals surface area contributed by atoms with Crippen molar-refractivity contribution in [3.8, 4) is 0 Å². The van der Waals surface area contributed by atoms with E-state index in [0.29, 0.717) is 0 Å². The molecule has 0 bridgehead atoms. The summed E-state index contributed by atoms with van der Waals surface area (Å²) in [6.07, 6.45) is 6.97. The Labute approximate surface area is 130 Å². The molecule has 0 amide bonds. The number of likely N-dealkylation sites (tertiary alicyclic amines) is 2. The zero-order valence-corrected chi connectivity index (χ0v) is 13.7. The van der Waals surface area contributed by atoms with Crippen LogP contribution >= 0.6 is 0 Å². The van der Waals surface area contributed by atoms with Crippen LogP contribution in [0.3, 0.4) is 0 Å². The third-order valence-corrected chi connectivity index (χ3v) is 5.41. The van der Waals surface area contributed by atoms with Gasteiger partial charge in [-0.3, -0.25) is 9.80 Å². The summed E-state index contributed by atoms with van der Waals surface area (Å²) in [6, 6.07) is 10.7. The van der Waals surface area contributed by atoms with Gasteiger partial charge in [0.1, 0.15) is 0 Å². The molecular weight excluding hydrogens is 256 g/mol. The normalized spacial score (nSPS) is 26.1. The first-order chi connectivity index (χ1) is 10.2. The highest BCUT2D eigenvalue weighted by Crippen LogP contribution is 2.25. The summed E-state index contributed by atoms with van der Waals surface area (Å²) in [5.74, 6) is 0. The second kappa shape index (κ2) is 6.93. The van der Waals surface area contributed by atoms with E-state index >= 15 is 0 Å². The smallest absolute Gasteiger partial charge is 0.0233 e. The van der Waals surface area contributed by atoms with Gasteiger partial charge in [0.15, 0.2) is 0 Å². The van der Waals surface area contributed by atoms with Crippen LogP contribution in [0.1, 0.15) is 50.2 Å². The number of benzene rings is 1. The van der Waals surface area contributed by atoms with Gasteiger partial charge in [0.25, 0.3) is 0 Å². The molecule has 0 aromatic heterocycles. The average molecular weight is 286 g/mol. The van der Waals surface area contributed by atoms with Crippen LogP contribution in [-0.2, 0) is 6.54 Å². The van der Waals surface area contributed by atoms with E-state index in [0.717, 1.165) is 18.6 Å². The number of nitrogens with zero attached hydrogens (tertiary/aromatic N) is 2. The van der Waals surface area contributed by atoms with Gasteiger partial charge in [0.2, 0.25) is 0 Å². The first-order valence-electron chi connectivity index (χ1n) is 8.76. The molecule has 2 heterocycles. The van der Waals surface area contributed by atoms with Gasteiger partial charge in [0.05, 0.1) is 0 Å². The Kier molecular flexibility index (Phi) is 4.97. The maximum absolute atomic E-state index is 2.80. The third-order valence-electron chi connectivity index (χ3n) is 5.41. The van der Waals surface area contributed by atoms with Gasteiger partial charge in [-0.05, 0) is 64.7 Å². The summed E-state index contributed by atoms with van der Waals surface area (Å²) in [4.78, 5) is 5.43. The van der Waals surface area contributed by atoms with Crippen molar-refractivity contribution in [1.82, 2.24) is 9.80 Å². The van der Waals surface area contributed by atoms with Gasteiger partial charge in [-0.15, -0.1) is 0 Å². The molecule has 1 aromatic rings.